The minimum atomic E-state index is -2.52. The van der Waals surface area contributed by atoms with Gasteiger partial charge >= 0.3 is 177 Å². The predicted octanol–water partition coefficient (Wildman–Crippen LogP) is 3.02. The molecule has 0 saturated carbocycles. The van der Waals surface area contributed by atoms with Crippen molar-refractivity contribution in [3.63, 3.8) is 0 Å². The summed E-state index contributed by atoms with van der Waals surface area (Å²) in [6.45, 7) is 8.08. The molecule has 3 aromatic carbocycles. The van der Waals surface area contributed by atoms with Crippen molar-refractivity contribution in [1.82, 2.24) is 0 Å². The molecule has 0 spiro atoms. The minimum absolute atomic E-state index is 0. The van der Waals surface area contributed by atoms with Crippen LogP contribution in [0.15, 0.2) is 72.8 Å². The summed E-state index contributed by atoms with van der Waals surface area (Å²) < 4.78 is 21.2. The topological polar surface area (TPSA) is 27.7 Å². The summed E-state index contributed by atoms with van der Waals surface area (Å²) in [5.41, 5.74) is 0. The first-order valence-corrected chi connectivity index (χ1v) is 15.6. The molecule has 0 aliphatic rings. The zero-order valence-corrected chi connectivity index (χ0v) is 23.7. The first-order valence-electron chi connectivity index (χ1n) is 9.81. The van der Waals surface area contributed by atoms with Crippen molar-refractivity contribution in [3.05, 3.63) is 72.8 Å². The van der Waals surface area contributed by atoms with Gasteiger partial charge in [0, 0.05) is 29.6 Å². The number of benzene rings is 3. The van der Waals surface area contributed by atoms with Crippen molar-refractivity contribution in [1.29, 1.82) is 0 Å². The van der Waals surface area contributed by atoms with Crippen LogP contribution in [0.3, 0.4) is 0 Å². The minimum Gasteiger partial charge on any atom is 0 e. The molecule has 5 heteroatoms. The molecule has 0 atom stereocenters. The van der Waals surface area contributed by atoms with Gasteiger partial charge in [0.15, 0.2) is 0 Å². The molecule has 0 aliphatic carbocycles. The molecular formula is C24H27NaO3Pb. The second-order valence-electron chi connectivity index (χ2n) is 6.25. The van der Waals surface area contributed by atoms with Crippen LogP contribution in [0.25, 0.3) is 0 Å². The van der Waals surface area contributed by atoms with E-state index in [0.717, 1.165) is 17.2 Å². The van der Waals surface area contributed by atoms with Crippen LogP contribution in [0.1, 0.15) is 20.8 Å². The molecular weight excluding hydrogens is 566 g/mol. The SMILES string of the molecule is CCOc1cc[c]([Pb]([c]2ccc(OCC)cc2)[c]2ccc(OCC)cc2)cc1.[Na]. The van der Waals surface area contributed by atoms with Gasteiger partial charge in [-0.25, -0.2) is 0 Å². The standard InChI is InChI=1S/3C8H9O.Na.Pb/c3*1-2-9-8-6-4-3-5-7-8;;/h3*4-7H,2H2,1H3;;. The third-order valence-electron chi connectivity index (χ3n) is 4.36. The Labute approximate surface area is 204 Å². The molecule has 0 unspecified atom stereocenters. The molecule has 0 bridgehead atoms. The molecule has 146 valence electrons. The van der Waals surface area contributed by atoms with Crippen molar-refractivity contribution < 1.29 is 14.2 Å². The summed E-state index contributed by atoms with van der Waals surface area (Å²) in [6.07, 6.45) is 0. The van der Waals surface area contributed by atoms with E-state index in [1.165, 1.54) is 9.37 Å². The zero-order chi connectivity index (χ0) is 19.8. The third-order valence-corrected chi connectivity index (χ3v) is 15.0. The van der Waals surface area contributed by atoms with Crippen molar-refractivity contribution >= 4 is 61.6 Å². The van der Waals surface area contributed by atoms with Crippen LogP contribution in [0, 0.1) is 0 Å². The largest absolute Gasteiger partial charge is 0 e. The second-order valence-corrected chi connectivity index (χ2v) is 15.9. The van der Waals surface area contributed by atoms with E-state index in [0.29, 0.717) is 19.8 Å². The molecule has 0 aliphatic heterocycles. The Bertz CT molecular complexity index is 731. The van der Waals surface area contributed by atoms with Crippen molar-refractivity contribution in [3.8, 4) is 17.2 Å². The Morgan fingerprint density at radius 1 is 0.483 bits per heavy atom. The molecule has 3 nitrogen and oxygen atoms in total. The van der Waals surface area contributed by atoms with E-state index in [1.807, 2.05) is 20.8 Å². The van der Waals surface area contributed by atoms with Gasteiger partial charge in [0.05, 0.1) is 0 Å². The molecule has 3 aromatic rings. The van der Waals surface area contributed by atoms with Gasteiger partial charge < -0.3 is 0 Å². The molecule has 0 fully saturated rings. The van der Waals surface area contributed by atoms with Gasteiger partial charge in [-0.3, -0.25) is 0 Å². The van der Waals surface area contributed by atoms with Crippen LogP contribution in [0.5, 0.6) is 17.2 Å². The van der Waals surface area contributed by atoms with E-state index in [-0.39, 0.29) is 29.6 Å². The fraction of sp³-hybridized carbons (Fsp3) is 0.250. The average molecular weight is 594 g/mol. The quantitative estimate of drug-likeness (QED) is 0.358. The number of rotatable bonds is 9. The predicted molar refractivity (Wildman–Crippen MR) is 123 cm³/mol. The average Bonchev–Trinajstić information content (AvgIpc) is 2.73. The van der Waals surface area contributed by atoms with E-state index in [9.17, 15) is 0 Å². The van der Waals surface area contributed by atoms with Gasteiger partial charge in [-0.2, -0.15) is 0 Å². The Kier molecular flexibility index (Phi) is 10.6. The normalized spacial score (nSPS) is 10.3. The van der Waals surface area contributed by atoms with Gasteiger partial charge in [-0.1, -0.05) is 0 Å². The van der Waals surface area contributed by atoms with Crippen molar-refractivity contribution in [2.24, 2.45) is 0 Å². The number of ether oxygens (including phenoxy) is 3. The summed E-state index contributed by atoms with van der Waals surface area (Å²) in [4.78, 5) is 0. The molecule has 3 rings (SSSR count). The van der Waals surface area contributed by atoms with E-state index >= 15 is 0 Å². The van der Waals surface area contributed by atoms with Gasteiger partial charge in [0.2, 0.25) is 0 Å². The second kappa shape index (κ2) is 12.6. The number of hydrogen-bond donors (Lipinski definition) is 0. The first-order chi connectivity index (χ1) is 13.7. The fourth-order valence-electron chi connectivity index (χ4n) is 3.15. The molecule has 0 amide bonds. The Morgan fingerprint density at radius 3 is 0.931 bits per heavy atom. The van der Waals surface area contributed by atoms with Gasteiger partial charge in [0.1, 0.15) is 0 Å². The number of hydrogen-bond acceptors (Lipinski definition) is 3. The van der Waals surface area contributed by atoms with Gasteiger partial charge in [-0.05, 0) is 0 Å². The van der Waals surface area contributed by atoms with Crippen molar-refractivity contribution in [2.45, 2.75) is 20.8 Å². The summed E-state index contributed by atoms with van der Waals surface area (Å²) in [6, 6.07) is 26.0. The smallest absolute Gasteiger partial charge is 0 e. The monoisotopic (exact) mass is 594 g/mol. The Hall–Kier alpha value is -1.02. The summed E-state index contributed by atoms with van der Waals surface area (Å²) in [5, 5.41) is 0. The van der Waals surface area contributed by atoms with Crippen LogP contribution in [-0.2, 0) is 0 Å². The van der Waals surface area contributed by atoms with Crippen LogP contribution in [0.2, 0.25) is 0 Å². The molecule has 0 heterocycles. The summed E-state index contributed by atoms with van der Waals surface area (Å²) in [7, 11) is 0. The third kappa shape index (κ3) is 6.74. The maximum atomic E-state index is 5.63. The molecule has 0 saturated heterocycles. The van der Waals surface area contributed by atoms with Crippen LogP contribution in [0.4, 0.5) is 0 Å². The van der Waals surface area contributed by atoms with E-state index < -0.39 is 22.7 Å². The molecule has 0 N–H and O–H groups in total. The maximum Gasteiger partial charge on any atom is 0 e. The summed E-state index contributed by atoms with van der Waals surface area (Å²) in [5.74, 6) is 2.78. The molecule has 0 aromatic heterocycles. The molecule has 29 heavy (non-hydrogen) atoms. The summed E-state index contributed by atoms with van der Waals surface area (Å²) >= 11 is -2.52. The zero-order valence-electron chi connectivity index (χ0n) is 17.8. The van der Waals surface area contributed by atoms with E-state index in [2.05, 4.69) is 72.8 Å². The van der Waals surface area contributed by atoms with E-state index in [1.54, 1.807) is 0 Å². The fourth-order valence-corrected chi connectivity index (χ4v) is 12.9. The molecule has 2 radical (unpaired) electrons. The van der Waals surface area contributed by atoms with Gasteiger partial charge in [0.25, 0.3) is 0 Å². The Balaban J connectivity index is 0.00000300. The van der Waals surface area contributed by atoms with Crippen LogP contribution < -0.4 is 23.6 Å². The van der Waals surface area contributed by atoms with Gasteiger partial charge in [-0.15, -0.1) is 0 Å². The van der Waals surface area contributed by atoms with Crippen LogP contribution >= 0.6 is 0 Å². The first kappa shape index (κ1) is 24.3. The van der Waals surface area contributed by atoms with E-state index in [4.69, 9.17) is 14.2 Å². The van der Waals surface area contributed by atoms with Crippen molar-refractivity contribution in [2.75, 3.05) is 19.8 Å². The Morgan fingerprint density at radius 2 is 0.724 bits per heavy atom. The maximum absolute atomic E-state index is 5.63. The van der Waals surface area contributed by atoms with Crippen LogP contribution in [-0.4, -0.2) is 72.1 Å².